The molecule has 0 aliphatic carbocycles. The van der Waals surface area contributed by atoms with Gasteiger partial charge in [0.25, 0.3) is 0 Å². The Labute approximate surface area is 189 Å². The van der Waals surface area contributed by atoms with Crippen LogP contribution in [0.2, 0.25) is 0 Å². The third-order valence-corrected chi connectivity index (χ3v) is 6.46. The standard InChI is InChI=1S/C24H31N5O3/c1-16(30)28-13-11-20-21(15-28)26-23(27-24(20)25-2)18-10-12-29(14-18)22(31)9-6-17-4-7-19(32-3)8-5-17/h4-5,7-8,18H,6,9-15H2,1-3H3,(H,25,26,27)/t18-/m0/s1. The molecule has 32 heavy (non-hydrogen) atoms. The van der Waals surface area contributed by atoms with Crippen LogP contribution in [0.4, 0.5) is 5.82 Å². The van der Waals surface area contributed by atoms with E-state index in [4.69, 9.17) is 14.7 Å². The number of ether oxygens (including phenoxy) is 1. The number of methoxy groups -OCH3 is 1. The Morgan fingerprint density at radius 2 is 1.94 bits per heavy atom. The summed E-state index contributed by atoms with van der Waals surface area (Å²) in [6.07, 6.45) is 2.81. The van der Waals surface area contributed by atoms with Crippen LogP contribution in [0, 0.1) is 0 Å². The molecule has 1 aromatic heterocycles. The van der Waals surface area contributed by atoms with E-state index in [-0.39, 0.29) is 17.7 Å². The highest BCUT2D eigenvalue weighted by Gasteiger charge is 2.31. The zero-order chi connectivity index (χ0) is 22.7. The molecule has 2 aliphatic rings. The number of nitrogens with one attached hydrogen (secondary N) is 1. The van der Waals surface area contributed by atoms with Crippen LogP contribution in [0.25, 0.3) is 0 Å². The molecular weight excluding hydrogens is 406 g/mol. The van der Waals surface area contributed by atoms with Crippen molar-refractivity contribution in [3.05, 3.63) is 46.9 Å². The van der Waals surface area contributed by atoms with Crippen molar-refractivity contribution in [2.45, 2.75) is 45.1 Å². The maximum absolute atomic E-state index is 12.8. The van der Waals surface area contributed by atoms with Crippen molar-refractivity contribution in [2.24, 2.45) is 0 Å². The minimum absolute atomic E-state index is 0.0660. The molecule has 1 aromatic carbocycles. The quantitative estimate of drug-likeness (QED) is 0.747. The van der Waals surface area contributed by atoms with Crippen LogP contribution < -0.4 is 10.1 Å². The zero-order valence-corrected chi connectivity index (χ0v) is 19.1. The van der Waals surface area contributed by atoms with Crippen molar-refractivity contribution in [3.8, 4) is 5.75 Å². The molecule has 1 N–H and O–H groups in total. The second-order valence-electron chi connectivity index (χ2n) is 8.47. The van der Waals surface area contributed by atoms with E-state index >= 15 is 0 Å². The fourth-order valence-electron chi connectivity index (χ4n) is 4.51. The number of likely N-dealkylation sites (tertiary alicyclic amines) is 1. The number of aromatic nitrogens is 2. The van der Waals surface area contributed by atoms with Gasteiger partial charge in [0, 0.05) is 51.5 Å². The maximum atomic E-state index is 12.8. The Kier molecular flexibility index (Phi) is 6.58. The van der Waals surface area contributed by atoms with Gasteiger partial charge >= 0.3 is 0 Å². The number of anilines is 1. The van der Waals surface area contributed by atoms with Crippen molar-refractivity contribution in [2.75, 3.05) is 39.1 Å². The molecule has 8 nitrogen and oxygen atoms in total. The number of amides is 2. The SMILES string of the molecule is CNc1nc([C@H]2CCN(C(=O)CCc3ccc(OC)cc3)C2)nc2c1CCN(C(C)=O)C2. The summed E-state index contributed by atoms with van der Waals surface area (Å²) in [5, 5.41) is 3.20. The summed E-state index contributed by atoms with van der Waals surface area (Å²) < 4.78 is 5.19. The zero-order valence-electron chi connectivity index (χ0n) is 19.1. The minimum Gasteiger partial charge on any atom is -0.497 e. The molecule has 1 atom stereocenters. The number of hydrogen-bond donors (Lipinski definition) is 1. The van der Waals surface area contributed by atoms with Crippen molar-refractivity contribution in [1.29, 1.82) is 0 Å². The summed E-state index contributed by atoms with van der Waals surface area (Å²) in [6.45, 7) is 4.17. The van der Waals surface area contributed by atoms with Crippen LogP contribution in [0.5, 0.6) is 5.75 Å². The van der Waals surface area contributed by atoms with Gasteiger partial charge in [-0.2, -0.15) is 0 Å². The van der Waals surface area contributed by atoms with Gasteiger partial charge in [-0.25, -0.2) is 9.97 Å². The van der Waals surface area contributed by atoms with E-state index in [1.54, 1.807) is 14.0 Å². The number of nitrogens with zero attached hydrogens (tertiary/aromatic N) is 4. The maximum Gasteiger partial charge on any atom is 0.222 e. The highest BCUT2D eigenvalue weighted by atomic mass is 16.5. The summed E-state index contributed by atoms with van der Waals surface area (Å²) in [5.41, 5.74) is 3.14. The summed E-state index contributed by atoms with van der Waals surface area (Å²) >= 11 is 0. The van der Waals surface area contributed by atoms with Gasteiger partial charge in [0.05, 0.1) is 19.3 Å². The predicted octanol–water partition coefficient (Wildman–Crippen LogP) is 2.38. The van der Waals surface area contributed by atoms with Gasteiger partial charge in [-0.3, -0.25) is 9.59 Å². The Hall–Kier alpha value is -3.16. The number of hydrogen-bond acceptors (Lipinski definition) is 6. The van der Waals surface area contributed by atoms with Crippen LogP contribution in [0.15, 0.2) is 24.3 Å². The third-order valence-electron chi connectivity index (χ3n) is 6.46. The van der Waals surface area contributed by atoms with Crippen molar-refractivity contribution in [1.82, 2.24) is 19.8 Å². The molecule has 4 rings (SSSR count). The first-order valence-corrected chi connectivity index (χ1v) is 11.2. The van der Waals surface area contributed by atoms with Crippen molar-refractivity contribution >= 4 is 17.6 Å². The van der Waals surface area contributed by atoms with Gasteiger partial charge in [-0.15, -0.1) is 0 Å². The van der Waals surface area contributed by atoms with E-state index in [0.717, 1.165) is 53.6 Å². The first-order chi connectivity index (χ1) is 15.5. The highest BCUT2D eigenvalue weighted by molar-refractivity contribution is 5.77. The molecule has 2 amide bonds. The molecule has 8 heteroatoms. The van der Waals surface area contributed by atoms with Crippen LogP contribution in [-0.4, -0.2) is 65.4 Å². The largest absolute Gasteiger partial charge is 0.497 e. The fourth-order valence-corrected chi connectivity index (χ4v) is 4.51. The lowest BCUT2D eigenvalue weighted by Gasteiger charge is -2.29. The number of carbonyl (C=O) groups is 2. The Morgan fingerprint density at radius 3 is 2.62 bits per heavy atom. The van der Waals surface area contributed by atoms with Gasteiger partial charge < -0.3 is 19.9 Å². The molecule has 0 bridgehead atoms. The van der Waals surface area contributed by atoms with E-state index in [9.17, 15) is 9.59 Å². The number of aryl methyl sites for hydroxylation is 1. The van der Waals surface area contributed by atoms with Crippen LogP contribution >= 0.6 is 0 Å². The monoisotopic (exact) mass is 437 g/mol. The lowest BCUT2D eigenvalue weighted by Crippen LogP contribution is -2.35. The molecule has 1 fully saturated rings. The van der Waals surface area contributed by atoms with E-state index in [1.807, 2.05) is 41.1 Å². The summed E-state index contributed by atoms with van der Waals surface area (Å²) in [4.78, 5) is 38.0. The van der Waals surface area contributed by atoms with Gasteiger partial charge in [-0.1, -0.05) is 12.1 Å². The molecule has 0 unspecified atom stereocenters. The Morgan fingerprint density at radius 1 is 1.16 bits per heavy atom. The number of rotatable bonds is 6. The number of benzene rings is 1. The molecule has 1 saturated heterocycles. The van der Waals surface area contributed by atoms with Crippen LogP contribution in [0.1, 0.15) is 48.3 Å². The average Bonchev–Trinajstić information content (AvgIpc) is 3.32. The summed E-state index contributed by atoms with van der Waals surface area (Å²) in [5.74, 6) is 2.78. The second kappa shape index (κ2) is 9.54. The van der Waals surface area contributed by atoms with E-state index in [0.29, 0.717) is 32.5 Å². The molecule has 2 aromatic rings. The molecule has 170 valence electrons. The first-order valence-electron chi connectivity index (χ1n) is 11.2. The first kappa shape index (κ1) is 22.0. The Balaban J connectivity index is 1.40. The van der Waals surface area contributed by atoms with Gasteiger partial charge in [0.2, 0.25) is 11.8 Å². The average molecular weight is 438 g/mol. The third kappa shape index (κ3) is 4.69. The van der Waals surface area contributed by atoms with E-state index in [2.05, 4.69) is 5.32 Å². The van der Waals surface area contributed by atoms with Gasteiger partial charge in [-0.05, 0) is 37.0 Å². The van der Waals surface area contributed by atoms with E-state index in [1.165, 1.54) is 0 Å². The smallest absolute Gasteiger partial charge is 0.222 e. The molecule has 0 saturated carbocycles. The topological polar surface area (TPSA) is 87.7 Å². The molecule has 0 radical (unpaired) electrons. The molecule has 3 heterocycles. The fraction of sp³-hybridized carbons (Fsp3) is 0.500. The van der Waals surface area contributed by atoms with Gasteiger partial charge in [0.15, 0.2) is 0 Å². The molecular formula is C24H31N5O3. The summed E-state index contributed by atoms with van der Waals surface area (Å²) in [7, 11) is 3.51. The molecule has 2 aliphatic heterocycles. The highest BCUT2D eigenvalue weighted by Crippen LogP contribution is 2.30. The lowest BCUT2D eigenvalue weighted by atomic mass is 10.0. The predicted molar refractivity (Wildman–Crippen MR) is 122 cm³/mol. The van der Waals surface area contributed by atoms with Crippen LogP contribution in [-0.2, 0) is 29.0 Å². The normalized spacial score (nSPS) is 17.8. The van der Waals surface area contributed by atoms with Crippen molar-refractivity contribution < 1.29 is 14.3 Å². The summed E-state index contributed by atoms with van der Waals surface area (Å²) in [6, 6.07) is 7.85. The Bertz CT molecular complexity index is 992. The van der Waals surface area contributed by atoms with Crippen LogP contribution in [0.3, 0.4) is 0 Å². The van der Waals surface area contributed by atoms with Gasteiger partial charge in [0.1, 0.15) is 17.4 Å². The van der Waals surface area contributed by atoms with E-state index < -0.39 is 0 Å². The minimum atomic E-state index is 0.0660. The van der Waals surface area contributed by atoms with Crippen molar-refractivity contribution in [3.63, 3.8) is 0 Å². The second-order valence-corrected chi connectivity index (χ2v) is 8.47. The molecule has 0 spiro atoms. The number of carbonyl (C=O) groups excluding carboxylic acids is 2. The number of fused-ring (bicyclic) bond motifs is 1. The lowest BCUT2D eigenvalue weighted by molar-refractivity contribution is -0.130.